The van der Waals surface area contributed by atoms with Crippen molar-refractivity contribution in [3.63, 3.8) is 0 Å². The van der Waals surface area contributed by atoms with Crippen LogP contribution in [0.15, 0.2) is 48.5 Å². The van der Waals surface area contributed by atoms with Crippen LogP contribution in [0.25, 0.3) is 0 Å². The Balaban J connectivity index is 2.11. The molecule has 0 radical (unpaired) electrons. The van der Waals surface area contributed by atoms with Crippen molar-refractivity contribution in [1.29, 1.82) is 0 Å². The number of carbonyl (C=O) groups excluding carboxylic acids is 1. The highest BCUT2D eigenvalue weighted by atomic mass is 19.2. The van der Waals surface area contributed by atoms with E-state index in [-0.39, 0.29) is 17.8 Å². The van der Waals surface area contributed by atoms with E-state index < -0.39 is 17.7 Å². The zero-order valence-electron chi connectivity index (χ0n) is 10.1. The molecule has 98 valence electrons. The summed E-state index contributed by atoms with van der Waals surface area (Å²) in [5.41, 5.74) is 6.87. The van der Waals surface area contributed by atoms with Gasteiger partial charge in [-0.15, -0.1) is 0 Å². The Kier molecular flexibility index (Phi) is 4.02. The van der Waals surface area contributed by atoms with E-state index in [9.17, 15) is 13.6 Å². The van der Waals surface area contributed by atoms with Crippen molar-refractivity contribution in [3.8, 4) is 0 Å². The van der Waals surface area contributed by atoms with Crippen molar-refractivity contribution in [2.75, 3.05) is 0 Å². The summed E-state index contributed by atoms with van der Waals surface area (Å²) in [6.45, 7) is 0. The maximum Gasteiger partial charge on any atom is 0.164 e. The average molecular weight is 261 g/mol. The number of ketones is 1. The number of rotatable bonds is 4. The molecule has 2 N–H and O–H groups in total. The second kappa shape index (κ2) is 5.71. The molecule has 0 saturated carbocycles. The Morgan fingerprint density at radius 2 is 1.74 bits per heavy atom. The molecule has 19 heavy (non-hydrogen) atoms. The fourth-order valence-corrected chi connectivity index (χ4v) is 1.81. The van der Waals surface area contributed by atoms with Gasteiger partial charge in [0.25, 0.3) is 0 Å². The van der Waals surface area contributed by atoms with E-state index in [1.54, 1.807) is 0 Å². The predicted octanol–water partition coefficient (Wildman–Crippen LogP) is 3.24. The zero-order chi connectivity index (χ0) is 13.8. The van der Waals surface area contributed by atoms with Crippen molar-refractivity contribution in [1.82, 2.24) is 0 Å². The molecule has 4 heteroatoms. The van der Waals surface area contributed by atoms with Crippen molar-refractivity contribution in [3.05, 3.63) is 71.3 Å². The van der Waals surface area contributed by atoms with Gasteiger partial charge in [0.05, 0.1) is 0 Å². The van der Waals surface area contributed by atoms with Gasteiger partial charge in [-0.1, -0.05) is 30.3 Å². The molecule has 2 aromatic rings. The Hall–Kier alpha value is -2.07. The van der Waals surface area contributed by atoms with E-state index in [1.807, 2.05) is 30.3 Å². The summed E-state index contributed by atoms with van der Waals surface area (Å²) in [7, 11) is 0. The molecule has 0 heterocycles. The number of hydrogen-bond acceptors (Lipinski definition) is 2. The topological polar surface area (TPSA) is 43.1 Å². The van der Waals surface area contributed by atoms with Gasteiger partial charge in [-0.25, -0.2) is 8.78 Å². The second-order valence-electron chi connectivity index (χ2n) is 4.27. The summed E-state index contributed by atoms with van der Waals surface area (Å²) in [5.74, 6) is -2.31. The third kappa shape index (κ3) is 3.23. The molecule has 1 atom stereocenters. The maximum atomic E-state index is 13.0. The minimum Gasteiger partial charge on any atom is -0.324 e. The van der Waals surface area contributed by atoms with Gasteiger partial charge >= 0.3 is 0 Å². The van der Waals surface area contributed by atoms with E-state index >= 15 is 0 Å². The van der Waals surface area contributed by atoms with E-state index in [0.29, 0.717) is 0 Å². The van der Waals surface area contributed by atoms with E-state index in [2.05, 4.69) is 0 Å². The lowest BCUT2D eigenvalue weighted by atomic mass is 9.99. The normalized spacial score (nSPS) is 12.2. The lowest BCUT2D eigenvalue weighted by Gasteiger charge is -2.11. The number of benzene rings is 2. The highest BCUT2D eigenvalue weighted by Crippen LogP contribution is 2.17. The summed E-state index contributed by atoms with van der Waals surface area (Å²) >= 11 is 0. The van der Waals surface area contributed by atoms with Crippen molar-refractivity contribution in [2.24, 2.45) is 5.73 Å². The Bertz CT molecular complexity index is 584. The van der Waals surface area contributed by atoms with Crippen LogP contribution in [0, 0.1) is 11.6 Å². The standard InChI is InChI=1S/C15H13F2NO/c16-12-7-6-11(8-13(12)17)15(19)9-14(18)10-4-2-1-3-5-10/h1-8,14H,9,18H2. The first kappa shape index (κ1) is 13.4. The molecule has 0 spiro atoms. The fraction of sp³-hybridized carbons (Fsp3) is 0.133. The molecule has 0 aliphatic rings. The molecular weight excluding hydrogens is 248 g/mol. The predicted molar refractivity (Wildman–Crippen MR) is 68.7 cm³/mol. The van der Waals surface area contributed by atoms with Crippen LogP contribution >= 0.6 is 0 Å². The average Bonchev–Trinajstić information content (AvgIpc) is 2.42. The Morgan fingerprint density at radius 1 is 1.05 bits per heavy atom. The molecule has 0 aliphatic heterocycles. The van der Waals surface area contributed by atoms with Crippen LogP contribution in [-0.4, -0.2) is 5.78 Å². The molecule has 0 saturated heterocycles. The van der Waals surface area contributed by atoms with Gasteiger partial charge in [-0.3, -0.25) is 4.79 Å². The number of nitrogens with two attached hydrogens (primary N) is 1. The van der Waals surface area contributed by atoms with Crippen LogP contribution in [0.1, 0.15) is 28.4 Å². The van der Waals surface area contributed by atoms with Gasteiger partial charge in [-0.2, -0.15) is 0 Å². The number of Topliss-reactive ketones (excluding diaryl/α,β-unsaturated/α-hetero) is 1. The minimum atomic E-state index is -1.03. The molecule has 0 fully saturated rings. The summed E-state index contributed by atoms with van der Waals surface area (Å²) in [6, 6.07) is 11.8. The van der Waals surface area contributed by atoms with Crippen molar-refractivity contribution < 1.29 is 13.6 Å². The fourth-order valence-electron chi connectivity index (χ4n) is 1.81. The molecule has 1 unspecified atom stereocenters. The first-order valence-corrected chi connectivity index (χ1v) is 5.86. The maximum absolute atomic E-state index is 13.0. The van der Waals surface area contributed by atoms with Crippen LogP contribution in [0.3, 0.4) is 0 Å². The van der Waals surface area contributed by atoms with Gasteiger partial charge in [0.1, 0.15) is 0 Å². The molecule has 2 nitrogen and oxygen atoms in total. The van der Waals surface area contributed by atoms with Crippen molar-refractivity contribution >= 4 is 5.78 Å². The highest BCUT2D eigenvalue weighted by molar-refractivity contribution is 5.96. The van der Waals surface area contributed by atoms with E-state index in [1.165, 1.54) is 6.07 Å². The highest BCUT2D eigenvalue weighted by Gasteiger charge is 2.14. The molecule has 2 aromatic carbocycles. The van der Waals surface area contributed by atoms with Crippen LogP contribution in [0.2, 0.25) is 0 Å². The molecule has 0 bridgehead atoms. The minimum absolute atomic E-state index is 0.0507. The van der Waals surface area contributed by atoms with Gasteiger partial charge in [-0.05, 0) is 23.8 Å². The first-order chi connectivity index (χ1) is 9.08. The van der Waals surface area contributed by atoms with Crippen LogP contribution < -0.4 is 5.73 Å². The zero-order valence-corrected chi connectivity index (χ0v) is 10.1. The number of hydrogen-bond donors (Lipinski definition) is 1. The smallest absolute Gasteiger partial charge is 0.164 e. The monoisotopic (exact) mass is 261 g/mol. The molecule has 0 aromatic heterocycles. The SMILES string of the molecule is NC(CC(=O)c1ccc(F)c(F)c1)c1ccccc1. The van der Waals surface area contributed by atoms with Crippen molar-refractivity contribution in [2.45, 2.75) is 12.5 Å². The molecule has 0 aliphatic carbocycles. The largest absolute Gasteiger partial charge is 0.324 e. The number of carbonyl (C=O) groups is 1. The van der Waals surface area contributed by atoms with Crippen LogP contribution in [0.4, 0.5) is 8.78 Å². The van der Waals surface area contributed by atoms with Crippen LogP contribution in [-0.2, 0) is 0 Å². The molecular formula is C15H13F2NO. The van der Waals surface area contributed by atoms with E-state index in [4.69, 9.17) is 5.73 Å². The lowest BCUT2D eigenvalue weighted by molar-refractivity contribution is 0.0974. The summed E-state index contributed by atoms with van der Waals surface area (Å²) in [4.78, 5) is 11.9. The number of halogens is 2. The van der Waals surface area contributed by atoms with E-state index in [0.717, 1.165) is 17.7 Å². The third-order valence-electron chi connectivity index (χ3n) is 2.87. The van der Waals surface area contributed by atoms with Gasteiger partial charge in [0, 0.05) is 18.0 Å². The summed E-state index contributed by atoms with van der Waals surface area (Å²) < 4.78 is 25.8. The van der Waals surface area contributed by atoms with Crippen LogP contribution in [0.5, 0.6) is 0 Å². The molecule has 2 rings (SSSR count). The van der Waals surface area contributed by atoms with Gasteiger partial charge < -0.3 is 5.73 Å². The second-order valence-corrected chi connectivity index (χ2v) is 4.27. The van der Waals surface area contributed by atoms with Gasteiger partial charge in [0.2, 0.25) is 0 Å². The van der Waals surface area contributed by atoms with Gasteiger partial charge in [0.15, 0.2) is 17.4 Å². The summed E-state index contributed by atoms with van der Waals surface area (Å²) in [6.07, 6.45) is 0.0507. The quantitative estimate of drug-likeness (QED) is 0.858. The third-order valence-corrected chi connectivity index (χ3v) is 2.87. The molecule has 0 amide bonds. The lowest BCUT2D eigenvalue weighted by Crippen LogP contribution is -2.15. The Morgan fingerprint density at radius 3 is 2.37 bits per heavy atom. The Labute approximate surface area is 109 Å². The summed E-state index contributed by atoms with van der Waals surface area (Å²) in [5, 5.41) is 0. The first-order valence-electron chi connectivity index (χ1n) is 5.86.